The van der Waals surface area contributed by atoms with Crippen LogP contribution >= 0.6 is 0 Å². The van der Waals surface area contributed by atoms with Gasteiger partial charge in [0.05, 0.1) is 13.1 Å². The van der Waals surface area contributed by atoms with Gasteiger partial charge in [-0.3, -0.25) is 9.78 Å². The Kier molecular flexibility index (Phi) is 3.63. The lowest BCUT2D eigenvalue weighted by molar-refractivity contribution is -0.113. The number of pyridine rings is 1. The number of hydrogen-bond donors (Lipinski definition) is 0. The van der Waals surface area contributed by atoms with E-state index in [9.17, 15) is 13.6 Å². The molecule has 0 bridgehead atoms. The van der Waals surface area contributed by atoms with Gasteiger partial charge in [-0.15, -0.1) is 0 Å². The first kappa shape index (κ1) is 16.2. The van der Waals surface area contributed by atoms with Gasteiger partial charge in [0.15, 0.2) is 0 Å². The summed E-state index contributed by atoms with van der Waals surface area (Å²) in [6.07, 6.45) is 2.30. The molecule has 130 valence electrons. The third-order valence-corrected chi connectivity index (χ3v) is 4.82. The lowest BCUT2D eigenvalue weighted by Gasteiger charge is -2.39. The maximum absolute atomic E-state index is 13.2. The number of alkyl halides is 2. The molecule has 0 spiro atoms. The van der Waals surface area contributed by atoms with Gasteiger partial charge in [-0.1, -0.05) is 17.7 Å². The van der Waals surface area contributed by atoms with Crippen LogP contribution in [0, 0.1) is 13.8 Å². The van der Waals surface area contributed by atoms with Gasteiger partial charge in [0, 0.05) is 22.9 Å². The van der Waals surface area contributed by atoms with Crippen LogP contribution in [0.3, 0.4) is 0 Å². The second-order valence-corrected chi connectivity index (χ2v) is 7.26. The number of carbonyl (C=O) groups is 1. The van der Waals surface area contributed by atoms with Crippen molar-refractivity contribution in [2.24, 2.45) is 0 Å². The Labute approximate surface area is 145 Å². The lowest BCUT2D eigenvalue weighted by atomic mass is 9.95. The molecule has 0 unspecified atom stereocenters. The van der Waals surface area contributed by atoms with Gasteiger partial charge in [0.25, 0.3) is 11.8 Å². The number of amides is 1. The van der Waals surface area contributed by atoms with Crippen LogP contribution in [0.2, 0.25) is 0 Å². The van der Waals surface area contributed by atoms with Gasteiger partial charge in [-0.25, -0.2) is 8.78 Å². The summed E-state index contributed by atoms with van der Waals surface area (Å²) in [5.41, 5.74) is 5.12. The summed E-state index contributed by atoms with van der Waals surface area (Å²) in [4.78, 5) is 18.6. The van der Waals surface area contributed by atoms with E-state index in [4.69, 9.17) is 0 Å². The van der Waals surface area contributed by atoms with E-state index in [-0.39, 0.29) is 5.91 Å². The molecule has 0 radical (unpaired) electrons. The second-order valence-electron chi connectivity index (χ2n) is 7.26. The van der Waals surface area contributed by atoms with Crippen LogP contribution in [-0.4, -0.2) is 34.8 Å². The average Bonchev–Trinajstić information content (AvgIpc) is 3.36. The Morgan fingerprint density at radius 1 is 1.16 bits per heavy atom. The minimum atomic E-state index is -2.76. The standard InChI is InChI=1S/C20H20F2N2O/c1-12-3-6-16(15-8-13(2)23-18(9-15)14-4-5-14)17(7-12)19(25)24-10-20(21,22)11-24/h3,6-9,14H,4-5,10-11H2,1-2H3. The summed E-state index contributed by atoms with van der Waals surface area (Å²) in [7, 11) is 0. The average molecular weight is 342 g/mol. The van der Waals surface area contributed by atoms with E-state index in [1.54, 1.807) is 6.07 Å². The summed E-state index contributed by atoms with van der Waals surface area (Å²) in [5.74, 6) is -2.57. The van der Waals surface area contributed by atoms with Gasteiger partial charge in [-0.2, -0.15) is 0 Å². The monoisotopic (exact) mass is 342 g/mol. The zero-order chi connectivity index (χ0) is 17.8. The zero-order valence-corrected chi connectivity index (χ0v) is 14.4. The molecule has 1 amide bonds. The van der Waals surface area contributed by atoms with Crippen LogP contribution < -0.4 is 0 Å². The molecular formula is C20H20F2N2O. The Balaban J connectivity index is 1.74. The number of rotatable bonds is 3. The molecule has 1 saturated heterocycles. The largest absolute Gasteiger partial charge is 0.326 e. The number of likely N-dealkylation sites (tertiary alicyclic amines) is 1. The first-order valence-electron chi connectivity index (χ1n) is 8.59. The molecule has 1 aliphatic heterocycles. The number of aryl methyl sites for hydroxylation is 2. The highest BCUT2D eigenvalue weighted by atomic mass is 19.3. The number of aromatic nitrogens is 1. The first-order valence-corrected chi connectivity index (χ1v) is 8.59. The van der Waals surface area contributed by atoms with Gasteiger partial charge in [0.1, 0.15) is 0 Å². The smallest absolute Gasteiger partial charge is 0.282 e. The molecule has 3 nitrogen and oxygen atoms in total. The van der Waals surface area contributed by atoms with Crippen LogP contribution in [-0.2, 0) is 0 Å². The number of carbonyl (C=O) groups excluding carboxylic acids is 1. The molecule has 2 fully saturated rings. The quantitative estimate of drug-likeness (QED) is 0.832. The zero-order valence-electron chi connectivity index (χ0n) is 14.4. The van der Waals surface area contributed by atoms with Crippen molar-refractivity contribution >= 4 is 5.91 Å². The number of benzene rings is 1. The van der Waals surface area contributed by atoms with Crippen molar-refractivity contribution in [2.45, 2.75) is 38.5 Å². The Morgan fingerprint density at radius 3 is 2.52 bits per heavy atom. The highest BCUT2D eigenvalue weighted by Gasteiger charge is 2.46. The molecule has 4 rings (SSSR count). The third-order valence-electron chi connectivity index (χ3n) is 4.82. The highest BCUT2D eigenvalue weighted by Crippen LogP contribution is 2.41. The lowest BCUT2D eigenvalue weighted by Crippen LogP contribution is -2.58. The molecule has 25 heavy (non-hydrogen) atoms. The topological polar surface area (TPSA) is 33.2 Å². The fourth-order valence-corrected chi connectivity index (χ4v) is 3.35. The Bertz CT molecular complexity index is 851. The van der Waals surface area contributed by atoms with Crippen LogP contribution in [0.25, 0.3) is 11.1 Å². The van der Waals surface area contributed by atoms with Gasteiger partial charge >= 0.3 is 0 Å². The van der Waals surface area contributed by atoms with E-state index in [2.05, 4.69) is 4.98 Å². The Morgan fingerprint density at radius 2 is 1.88 bits per heavy atom. The molecule has 2 heterocycles. The number of nitrogens with zero attached hydrogens (tertiary/aromatic N) is 2. The Hall–Kier alpha value is -2.30. The van der Waals surface area contributed by atoms with Crippen LogP contribution in [0.5, 0.6) is 0 Å². The van der Waals surface area contributed by atoms with Crippen molar-refractivity contribution in [1.29, 1.82) is 0 Å². The molecular weight excluding hydrogens is 322 g/mol. The summed E-state index contributed by atoms with van der Waals surface area (Å²) in [5, 5.41) is 0. The van der Waals surface area contributed by atoms with E-state index >= 15 is 0 Å². The van der Waals surface area contributed by atoms with Gasteiger partial charge in [0.2, 0.25) is 0 Å². The molecule has 2 aliphatic rings. The minimum Gasteiger partial charge on any atom is -0.326 e. The highest BCUT2D eigenvalue weighted by molar-refractivity contribution is 6.01. The molecule has 1 aromatic heterocycles. The van der Waals surface area contributed by atoms with Crippen LogP contribution in [0.4, 0.5) is 8.78 Å². The number of halogens is 2. The van der Waals surface area contributed by atoms with E-state index in [1.807, 2.05) is 38.1 Å². The normalized spacial score (nSPS) is 18.8. The van der Waals surface area contributed by atoms with E-state index in [0.29, 0.717) is 11.5 Å². The van der Waals surface area contributed by atoms with Crippen molar-refractivity contribution in [1.82, 2.24) is 9.88 Å². The van der Waals surface area contributed by atoms with E-state index < -0.39 is 19.0 Å². The minimum absolute atomic E-state index is 0.327. The fraction of sp³-hybridized carbons (Fsp3) is 0.400. The van der Waals surface area contributed by atoms with Crippen molar-refractivity contribution in [2.75, 3.05) is 13.1 Å². The molecule has 1 saturated carbocycles. The number of hydrogen-bond acceptors (Lipinski definition) is 2. The molecule has 5 heteroatoms. The maximum atomic E-state index is 13.2. The summed E-state index contributed by atoms with van der Waals surface area (Å²) in [6.45, 7) is 2.85. The van der Waals surface area contributed by atoms with Crippen LogP contribution in [0.1, 0.15) is 46.1 Å². The summed E-state index contributed by atoms with van der Waals surface area (Å²) >= 11 is 0. The first-order chi connectivity index (χ1) is 11.8. The molecule has 1 aromatic carbocycles. The predicted molar refractivity (Wildman–Crippen MR) is 92.0 cm³/mol. The van der Waals surface area contributed by atoms with Crippen molar-refractivity contribution in [3.8, 4) is 11.1 Å². The van der Waals surface area contributed by atoms with Crippen molar-refractivity contribution < 1.29 is 13.6 Å². The summed E-state index contributed by atoms with van der Waals surface area (Å²) < 4.78 is 26.3. The molecule has 0 N–H and O–H groups in total. The van der Waals surface area contributed by atoms with E-state index in [1.165, 1.54) is 4.90 Å². The van der Waals surface area contributed by atoms with Gasteiger partial charge < -0.3 is 4.90 Å². The molecule has 1 aliphatic carbocycles. The van der Waals surface area contributed by atoms with E-state index in [0.717, 1.165) is 40.9 Å². The van der Waals surface area contributed by atoms with Gasteiger partial charge in [-0.05, 0) is 56.0 Å². The maximum Gasteiger partial charge on any atom is 0.282 e. The predicted octanol–water partition coefficient (Wildman–Crippen LogP) is 4.33. The molecule has 0 atom stereocenters. The van der Waals surface area contributed by atoms with Crippen LogP contribution in [0.15, 0.2) is 30.3 Å². The fourth-order valence-electron chi connectivity index (χ4n) is 3.35. The second kappa shape index (κ2) is 5.61. The van der Waals surface area contributed by atoms with Crippen molar-refractivity contribution in [3.63, 3.8) is 0 Å². The SMILES string of the molecule is Cc1ccc(-c2cc(C)nc(C3CC3)c2)c(C(=O)N2CC(F)(F)C2)c1. The third kappa shape index (κ3) is 3.15. The van der Waals surface area contributed by atoms with Crippen molar-refractivity contribution in [3.05, 3.63) is 52.8 Å². The molecule has 2 aromatic rings. The summed E-state index contributed by atoms with van der Waals surface area (Å²) in [6, 6.07) is 9.64.